The van der Waals surface area contributed by atoms with Gasteiger partial charge in [0.1, 0.15) is 5.02 Å². The van der Waals surface area contributed by atoms with E-state index in [2.05, 4.69) is 24.3 Å². The van der Waals surface area contributed by atoms with Crippen LogP contribution in [0.1, 0.15) is 52.9 Å². The van der Waals surface area contributed by atoms with E-state index in [1.807, 2.05) is 6.92 Å². The molecule has 0 spiro atoms. The van der Waals surface area contributed by atoms with Crippen LogP contribution < -0.4 is 10.9 Å². The van der Waals surface area contributed by atoms with Crippen LogP contribution >= 0.6 is 11.6 Å². The molecule has 1 aromatic heterocycles. The van der Waals surface area contributed by atoms with Gasteiger partial charge in [0.2, 0.25) is 0 Å². The van der Waals surface area contributed by atoms with Crippen molar-refractivity contribution in [3.63, 3.8) is 0 Å². The van der Waals surface area contributed by atoms with Crippen LogP contribution in [0.3, 0.4) is 0 Å². The molecule has 5 heteroatoms. The van der Waals surface area contributed by atoms with Gasteiger partial charge in [0, 0.05) is 13.1 Å². The number of hydrogen-bond donors (Lipinski definition) is 1. The van der Waals surface area contributed by atoms with Gasteiger partial charge in [0.05, 0.1) is 11.9 Å². The predicted molar refractivity (Wildman–Crippen MR) is 88.0 cm³/mol. The summed E-state index contributed by atoms with van der Waals surface area (Å²) in [5, 5.41) is 7.78. The van der Waals surface area contributed by atoms with Crippen molar-refractivity contribution in [2.45, 2.75) is 59.4 Å². The van der Waals surface area contributed by atoms with E-state index in [0.717, 1.165) is 6.54 Å². The highest BCUT2D eigenvalue weighted by atomic mass is 35.5. The van der Waals surface area contributed by atoms with Crippen LogP contribution in [-0.2, 0) is 6.54 Å². The molecule has 0 aliphatic heterocycles. The average molecular weight is 312 g/mol. The molecule has 0 aromatic carbocycles. The molecule has 1 aromatic rings. The van der Waals surface area contributed by atoms with E-state index in [1.165, 1.54) is 36.8 Å². The minimum absolute atomic E-state index is 0.214. The fourth-order valence-corrected chi connectivity index (χ4v) is 3.75. The van der Waals surface area contributed by atoms with E-state index in [4.69, 9.17) is 11.6 Å². The van der Waals surface area contributed by atoms with Crippen molar-refractivity contribution in [1.82, 2.24) is 9.78 Å². The third-order valence-electron chi connectivity index (χ3n) is 4.44. The van der Waals surface area contributed by atoms with Crippen LogP contribution in [0.5, 0.6) is 0 Å². The van der Waals surface area contributed by atoms with Gasteiger partial charge in [-0.2, -0.15) is 5.10 Å². The third-order valence-corrected chi connectivity index (χ3v) is 4.81. The topological polar surface area (TPSA) is 46.9 Å². The normalized spacial score (nSPS) is 17.4. The van der Waals surface area contributed by atoms with Crippen LogP contribution in [-0.4, -0.2) is 16.3 Å². The summed E-state index contributed by atoms with van der Waals surface area (Å²) in [7, 11) is 0. The lowest BCUT2D eigenvalue weighted by atomic mass is 9.78. The van der Waals surface area contributed by atoms with Gasteiger partial charge >= 0.3 is 0 Å². The summed E-state index contributed by atoms with van der Waals surface area (Å²) < 4.78 is 1.38. The van der Waals surface area contributed by atoms with E-state index in [9.17, 15) is 4.79 Å². The zero-order valence-electron chi connectivity index (χ0n) is 13.3. The Labute approximate surface area is 131 Å². The predicted octanol–water partition coefficient (Wildman–Crippen LogP) is 3.94. The Morgan fingerprint density at radius 3 is 2.67 bits per heavy atom. The fourth-order valence-electron chi connectivity index (χ4n) is 3.54. The van der Waals surface area contributed by atoms with E-state index in [0.29, 0.717) is 23.6 Å². The summed E-state index contributed by atoms with van der Waals surface area (Å²) in [4.78, 5) is 12.0. The molecule has 2 rings (SSSR count). The summed E-state index contributed by atoms with van der Waals surface area (Å²) in [6, 6.07) is 0. The molecule has 0 radical (unpaired) electrons. The monoisotopic (exact) mass is 311 g/mol. The van der Waals surface area contributed by atoms with Crippen molar-refractivity contribution < 1.29 is 0 Å². The second-order valence-corrected chi connectivity index (χ2v) is 7.03. The van der Waals surface area contributed by atoms with Crippen LogP contribution in [0.15, 0.2) is 11.0 Å². The molecule has 21 heavy (non-hydrogen) atoms. The van der Waals surface area contributed by atoms with Gasteiger partial charge in [-0.25, -0.2) is 4.68 Å². The maximum Gasteiger partial charge on any atom is 0.287 e. The maximum absolute atomic E-state index is 12.0. The van der Waals surface area contributed by atoms with Crippen molar-refractivity contribution >= 4 is 17.3 Å². The van der Waals surface area contributed by atoms with Crippen molar-refractivity contribution in [3.8, 4) is 0 Å². The lowest BCUT2D eigenvalue weighted by molar-refractivity contribution is 0.252. The van der Waals surface area contributed by atoms with Gasteiger partial charge in [0.25, 0.3) is 5.56 Å². The molecule has 0 atom stereocenters. The standard InChI is InChI=1S/C16H26ClN3O/c1-4-20-15(21)14(17)13(10-19-20)18-11-16(9-12(2)3)7-5-6-8-16/h10,12,18H,4-9,11H2,1-3H3. The molecule has 1 N–H and O–H groups in total. The number of nitrogens with zero attached hydrogens (tertiary/aromatic N) is 2. The highest BCUT2D eigenvalue weighted by Crippen LogP contribution is 2.43. The zero-order valence-corrected chi connectivity index (χ0v) is 14.0. The molecular formula is C16H26ClN3O. The largest absolute Gasteiger partial charge is 0.382 e. The van der Waals surface area contributed by atoms with Crippen LogP contribution in [0, 0.1) is 11.3 Å². The first kappa shape index (κ1) is 16.3. The zero-order chi connectivity index (χ0) is 15.5. The molecule has 0 saturated heterocycles. The molecule has 1 heterocycles. The lowest BCUT2D eigenvalue weighted by Crippen LogP contribution is -2.30. The van der Waals surface area contributed by atoms with Crippen LogP contribution in [0.4, 0.5) is 5.69 Å². The highest BCUT2D eigenvalue weighted by molar-refractivity contribution is 6.32. The van der Waals surface area contributed by atoms with Gasteiger partial charge in [-0.05, 0) is 37.5 Å². The molecule has 0 bridgehead atoms. The van der Waals surface area contributed by atoms with Gasteiger partial charge < -0.3 is 5.32 Å². The molecule has 1 fully saturated rings. The minimum Gasteiger partial charge on any atom is -0.382 e. The fraction of sp³-hybridized carbons (Fsp3) is 0.750. The second kappa shape index (κ2) is 6.82. The number of nitrogens with one attached hydrogen (secondary N) is 1. The smallest absolute Gasteiger partial charge is 0.287 e. The first-order valence-electron chi connectivity index (χ1n) is 7.97. The highest BCUT2D eigenvalue weighted by Gasteiger charge is 2.34. The number of anilines is 1. The van der Waals surface area contributed by atoms with Crippen LogP contribution in [0.25, 0.3) is 0 Å². The Kier molecular flexibility index (Phi) is 5.31. The van der Waals surface area contributed by atoms with Gasteiger partial charge in [-0.3, -0.25) is 4.79 Å². The summed E-state index contributed by atoms with van der Waals surface area (Å²) >= 11 is 6.18. The van der Waals surface area contributed by atoms with Gasteiger partial charge in [-0.1, -0.05) is 38.3 Å². The number of rotatable bonds is 6. The molecule has 1 aliphatic carbocycles. The first-order valence-corrected chi connectivity index (χ1v) is 8.35. The van der Waals surface area contributed by atoms with E-state index >= 15 is 0 Å². The van der Waals surface area contributed by atoms with Gasteiger partial charge in [-0.15, -0.1) is 0 Å². The number of aromatic nitrogens is 2. The molecule has 118 valence electrons. The third kappa shape index (κ3) is 3.79. The van der Waals surface area contributed by atoms with E-state index in [-0.39, 0.29) is 10.6 Å². The van der Waals surface area contributed by atoms with E-state index < -0.39 is 0 Å². The first-order chi connectivity index (χ1) is 9.97. The molecule has 1 aliphatic rings. The Bertz CT molecular complexity index is 533. The summed E-state index contributed by atoms with van der Waals surface area (Å²) in [5.41, 5.74) is 0.798. The maximum atomic E-state index is 12.0. The number of halogens is 1. The molecule has 0 unspecified atom stereocenters. The van der Waals surface area contributed by atoms with Crippen molar-refractivity contribution in [2.24, 2.45) is 11.3 Å². The number of aryl methyl sites for hydroxylation is 1. The Hall–Kier alpha value is -1.03. The molecular weight excluding hydrogens is 286 g/mol. The summed E-state index contributed by atoms with van der Waals surface area (Å²) in [6.07, 6.45) is 8.02. The number of hydrogen-bond acceptors (Lipinski definition) is 3. The minimum atomic E-state index is -0.214. The quantitative estimate of drug-likeness (QED) is 0.865. The van der Waals surface area contributed by atoms with Crippen molar-refractivity contribution in [1.29, 1.82) is 0 Å². The Balaban J connectivity index is 2.11. The molecule has 4 nitrogen and oxygen atoms in total. The van der Waals surface area contributed by atoms with Crippen molar-refractivity contribution in [2.75, 3.05) is 11.9 Å². The Morgan fingerprint density at radius 1 is 1.43 bits per heavy atom. The Morgan fingerprint density at radius 2 is 2.10 bits per heavy atom. The SMILES string of the molecule is CCn1ncc(NCC2(CC(C)C)CCCC2)c(Cl)c1=O. The molecule has 0 amide bonds. The second-order valence-electron chi connectivity index (χ2n) is 6.65. The van der Waals surface area contributed by atoms with E-state index in [1.54, 1.807) is 6.20 Å². The van der Waals surface area contributed by atoms with Crippen LogP contribution in [0.2, 0.25) is 5.02 Å². The summed E-state index contributed by atoms with van der Waals surface area (Å²) in [5.74, 6) is 0.687. The molecule has 1 saturated carbocycles. The van der Waals surface area contributed by atoms with Crippen molar-refractivity contribution in [3.05, 3.63) is 21.6 Å². The van der Waals surface area contributed by atoms with Gasteiger partial charge in [0.15, 0.2) is 0 Å². The average Bonchev–Trinajstić information content (AvgIpc) is 2.88. The lowest BCUT2D eigenvalue weighted by Gasteiger charge is -2.31. The summed E-state index contributed by atoms with van der Waals surface area (Å²) in [6.45, 7) is 7.85.